The molecule has 18 heavy (non-hydrogen) atoms. The molecule has 2 N–H and O–H groups in total. The summed E-state index contributed by atoms with van der Waals surface area (Å²) in [5.41, 5.74) is -0.0153. The maximum atomic E-state index is 11.7. The Kier molecular flexibility index (Phi) is 4.93. The molecular formula is C12H14N2O4. The first-order chi connectivity index (χ1) is 8.58. The number of carboxylic acids is 1. The van der Waals surface area contributed by atoms with Crippen molar-refractivity contribution in [3.05, 3.63) is 23.7 Å². The second kappa shape index (κ2) is 6.45. The topological polar surface area (TPSA) is 103 Å². The fourth-order valence-electron chi connectivity index (χ4n) is 1.50. The van der Waals surface area contributed by atoms with E-state index in [1.54, 1.807) is 0 Å². The van der Waals surface area contributed by atoms with Crippen LogP contribution in [0.4, 0.5) is 0 Å². The molecule has 6 nitrogen and oxygen atoms in total. The number of nitrogens with zero attached hydrogens (tertiary/aromatic N) is 1. The quantitative estimate of drug-likeness (QED) is 0.792. The van der Waals surface area contributed by atoms with Crippen LogP contribution in [0.2, 0.25) is 0 Å². The Balaban J connectivity index is 2.62. The number of amides is 1. The van der Waals surface area contributed by atoms with E-state index in [1.165, 1.54) is 12.3 Å². The molecule has 96 valence electrons. The van der Waals surface area contributed by atoms with Crippen molar-refractivity contribution in [1.29, 1.82) is 5.26 Å². The second-order valence-electron chi connectivity index (χ2n) is 3.77. The molecule has 1 heterocycles. The summed E-state index contributed by atoms with van der Waals surface area (Å²) in [6.07, 6.45) is 1.96. The Morgan fingerprint density at radius 1 is 1.61 bits per heavy atom. The number of aromatic carboxylic acids is 1. The molecule has 1 aromatic rings. The zero-order valence-electron chi connectivity index (χ0n) is 9.97. The molecule has 0 aromatic carbocycles. The van der Waals surface area contributed by atoms with Crippen LogP contribution in [0.15, 0.2) is 16.7 Å². The van der Waals surface area contributed by atoms with Crippen molar-refractivity contribution in [2.75, 3.05) is 0 Å². The van der Waals surface area contributed by atoms with Crippen molar-refractivity contribution in [3.63, 3.8) is 0 Å². The molecule has 1 rings (SSSR count). The molecule has 0 aliphatic heterocycles. The average Bonchev–Trinajstić information content (AvgIpc) is 2.76. The molecule has 1 unspecified atom stereocenters. The summed E-state index contributed by atoms with van der Waals surface area (Å²) in [4.78, 5) is 22.5. The van der Waals surface area contributed by atoms with Crippen LogP contribution in [-0.2, 0) is 11.2 Å². The van der Waals surface area contributed by atoms with Gasteiger partial charge < -0.3 is 14.8 Å². The first-order valence-electron chi connectivity index (χ1n) is 5.54. The molecule has 0 aliphatic rings. The minimum Gasteiger partial charge on any atom is -0.478 e. The van der Waals surface area contributed by atoms with E-state index in [9.17, 15) is 9.59 Å². The van der Waals surface area contributed by atoms with Gasteiger partial charge in [0.25, 0.3) is 0 Å². The van der Waals surface area contributed by atoms with Crippen LogP contribution in [0.25, 0.3) is 0 Å². The first-order valence-corrected chi connectivity index (χ1v) is 5.54. The normalized spacial score (nSPS) is 11.6. The SMILES string of the molecule is CCC(CC#N)NC(=O)Cc1occc1C(=O)O. The van der Waals surface area contributed by atoms with E-state index >= 15 is 0 Å². The predicted molar refractivity (Wildman–Crippen MR) is 61.8 cm³/mol. The van der Waals surface area contributed by atoms with Crippen LogP contribution >= 0.6 is 0 Å². The van der Waals surface area contributed by atoms with E-state index in [0.717, 1.165) is 0 Å². The highest BCUT2D eigenvalue weighted by Crippen LogP contribution is 2.11. The maximum absolute atomic E-state index is 11.7. The lowest BCUT2D eigenvalue weighted by atomic mass is 10.1. The molecule has 6 heteroatoms. The van der Waals surface area contributed by atoms with Gasteiger partial charge in [0, 0.05) is 6.04 Å². The number of rotatable bonds is 6. The third-order valence-electron chi connectivity index (χ3n) is 2.49. The van der Waals surface area contributed by atoms with E-state index in [1.807, 2.05) is 13.0 Å². The van der Waals surface area contributed by atoms with Crippen LogP contribution in [0, 0.1) is 11.3 Å². The van der Waals surface area contributed by atoms with Gasteiger partial charge in [-0.2, -0.15) is 5.26 Å². The molecule has 1 atom stereocenters. The van der Waals surface area contributed by atoms with Crippen molar-refractivity contribution < 1.29 is 19.1 Å². The Morgan fingerprint density at radius 3 is 2.89 bits per heavy atom. The summed E-state index contributed by atoms with van der Waals surface area (Å²) in [5, 5.41) is 20.1. The molecular weight excluding hydrogens is 236 g/mol. The van der Waals surface area contributed by atoms with Gasteiger partial charge >= 0.3 is 5.97 Å². The zero-order chi connectivity index (χ0) is 13.5. The summed E-state index contributed by atoms with van der Waals surface area (Å²) in [5.74, 6) is -1.36. The maximum Gasteiger partial charge on any atom is 0.339 e. The van der Waals surface area contributed by atoms with Crippen molar-refractivity contribution in [2.45, 2.75) is 32.2 Å². The van der Waals surface area contributed by atoms with E-state index in [2.05, 4.69) is 5.32 Å². The van der Waals surface area contributed by atoms with Gasteiger partial charge in [-0.15, -0.1) is 0 Å². The van der Waals surface area contributed by atoms with E-state index in [-0.39, 0.29) is 36.1 Å². The highest BCUT2D eigenvalue weighted by Gasteiger charge is 2.18. The average molecular weight is 250 g/mol. The number of hydrogen-bond acceptors (Lipinski definition) is 4. The molecule has 1 aromatic heterocycles. The summed E-state index contributed by atoms with van der Waals surface area (Å²) < 4.78 is 4.97. The van der Waals surface area contributed by atoms with Crippen molar-refractivity contribution in [3.8, 4) is 6.07 Å². The number of carbonyl (C=O) groups is 2. The van der Waals surface area contributed by atoms with Gasteiger partial charge in [-0.1, -0.05) is 6.92 Å². The summed E-state index contributed by atoms with van der Waals surface area (Å²) >= 11 is 0. The number of furan rings is 1. The Morgan fingerprint density at radius 2 is 2.33 bits per heavy atom. The summed E-state index contributed by atoms with van der Waals surface area (Å²) in [6.45, 7) is 1.86. The molecule has 1 amide bonds. The highest BCUT2D eigenvalue weighted by atomic mass is 16.4. The smallest absolute Gasteiger partial charge is 0.339 e. The Hall–Kier alpha value is -2.29. The van der Waals surface area contributed by atoms with Gasteiger partial charge in [0.2, 0.25) is 5.91 Å². The van der Waals surface area contributed by atoms with Crippen LogP contribution in [0.5, 0.6) is 0 Å². The van der Waals surface area contributed by atoms with Gasteiger partial charge in [0.05, 0.1) is 25.2 Å². The zero-order valence-corrected chi connectivity index (χ0v) is 9.97. The van der Waals surface area contributed by atoms with Gasteiger partial charge in [-0.3, -0.25) is 4.79 Å². The molecule has 0 spiro atoms. The standard InChI is InChI=1S/C12H14N2O4/c1-2-8(3-5-13)14-11(15)7-10-9(12(16)17)4-6-18-10/h4,6,8H,2-3,7H2,1H3,(H,14,15)(H,16,17). The van der Waals surface area contributed by atoms with Gasteiger partial charge in [0.1, 0.15) is 11.3 Å². The number of carboxylic acid groups (broad SMARTS) is 1. The molecule has 0 aliphatic carbocycles. The van der Waals surface area contributed by atoms with Gasteiger partial charge in [0.15, 0.2) is 0 Å². The number of hydrogen-bond donors (Lipinski definition) is 2. The van der Waals surface area contributed by atoms with Crippen LogP contribution in [0.3, 0.4) is 0 Å². The minimum atomic E-state index is -1.13. The van der Waals surface area contributed by atoms with E-state index in [4.69, 9.17) is 14.8 Å². The third kappa shape index (κ3) is 3.63. The largest absolute Gasteiger partial charge is 0.478 e. The van der Waals surface area contributed by atoms with Crippen molar-refractivity contribution in [2.24, 2.45) is 0 Å². The lowest BCUT2D eigenvalue weighted by Gasteiger charge is -2.12. The fraction of sp³-hybridized carbons (Fsp3) is 0.417. The predicted octanol–water partition coefficient (Wildman–Crippen LogP) is 1.33. The van der Waals surface area contributed by atoms with Crippen LogP contribution in [-0.4, -0.2) is 23.0 Å². The number of nitriles is 1. The lowest BCUT2D eigenvalue weighted by Crippen LogP contribution is -2.35. The van der Waals surface area contributed by atoms with Crippen molar-refractivity contribution in [1.82, 2.24) is 5.32 Å². The lowest BCUT2D eigenvalue weighted by molar-refractivity contribution is -0.121. The van der Waals surface area contributed by atoms with Crippen LogP contribution < -0.4 is 5.32 Å². The third-order valence-corrected chi connectivity index (χ3v) is 2.49. The van der Waals surface area contributed by atoms with Crippen molar-refractivity contribution >= 4 is 11.9 Å². The summed E-state index contributed by atoms with van der Waals surface area (Å²) in [6, 6.07) is 3.07. The monoisotopic (exact) mass is 250 g/mol. The highest BCUT2D eigenvalue weighted by molar-refractivity contribution is 5.90. The summed E-state index contributed by atoms with van der Waals surface area (Å²) in [7, 11) is 0. The fourth-order valence-corrected chi connectivity index (χ4v) is 1.50. The van der Waals surface area contributed by atoms with E-state index < -0.39 is 5.97 Å². The molecule has 0 bridgehead atoms. The Labute approximate surface area is 104 Å². The Bertz CT molecular complexity index is 473. The van der Waals surface area contributed by atoms with Crippen LogP contribution in [0.1, 0.15) is 35.9 Å². The molecule has 0 fully saturated rings. The minimum absolute atomic E-state index is 0.0153. The molecule has 0 saturated carbocycles. The number of carbonyl (C=O) groups excluding carboxylic acids is 1. The van der Waals surface area contributed by atoms with Gasteiger partial charge in [-0.25, -0.2) is 4.79 Å². The molecule has 0 saturated heterocycles. The van der Waals surface area contributed by atoms with E-state index in [0.29, 0.717) is 6.42 Å². The number of nitrogens with one attached hydrogen (secondary N) is 1. The second-order valence-corrected chi connectivity index (χ2v) is 3.77. The first kappa shape index (κ1) is 13.8. The van der Waals surface area contributed by atoms with Gasteiger partial charge in [-0.05, 0) is 12.5 Å². The molecule has 0 radical (unpaired) electrons.